The molecule has 0 aliphatic heterocycles. The van der Waals surface area contributed by atoms with Gasteiger partial charge in [-0.3, -0.25) is 9.59 Å². The van der Waals surface area contributed by atoms with Gasteiger partial charge in [0.15, 0.2) is 0 Å². The molecule has 0 radical (unpaired) electrons. The third-order valence-electron chi connectivity index (χ3n) is 3.20. The summed E-state index contributed by atoms with van der Waals surface area (Å²) in [4.78, 5) is 25.6. The molecule has 1 atom stereocenters. The SMILES string of the molecule is COC(CNC(=O)C(=O)Nc1ccc(F)cc1F)c1ccc(C)s1. The lowest BCUT2D eigenvalue weighted by atomic mass is 10.2. The lowest BCUT2D eigenvalue weighted by Crippen LogP contribution is -2.38. The summed E-state index contributed by atoms with van der Waals surface area (Å²) in [5, 5.41) is 4.52. The number of hydrogen-bond donors (Lipinski definition) is 2. The average molecular weight is 354 g/mol. The molecule has 0 saturated carbocycles. The second kappa shape index (κ2) is 7.98. The van der Waals surface area contributed by atoms with Gasteiger partial charge in [0, 0.05) is 29.5 Å². The number of methoxy groups -OCH3 is 1. The van der Waals surface area contributed by atoms with Gasteiger partial charge in [-0.2, -0.15) is 0 Å². The molecular weight excluding hydrogens is 338 g/mol. The summed E-state index contributed by atoms with van der Waals surface area (Å²) < 4.78 is 31.6. The van der Waals surface area contributed by atoms with E-state index in [0.717, 1.165) is 21.9 Å². The number of anilines is 1. The smallest absolute Gasteiger partial charge is 0.313 e. The zero-order chi connectivity index (χ0) is 17.7. The molecule has 2 rings (SSSR count). The number of hydrogen-bond acceptors (Lipinski definition) is 4. The Labute approximate surface area is 141 Å². The lowest BCUT2D eigenvalue weighted by molar-refractivity contribution is -0.136. The first-order chi connectivity index (χ1) is 11.4. The zero-order valence-electron chi connectivity index (χ0n) is 13.1. The lowest BCUT2D eigenvalue weighted by Gasteiger charge is -2.14. The Balaban J connectivity index is 1.92. The van der Waals surface area contributed by atoms with Gasteiger partial charge < -0.3 is 15.4 Å². The van der Waals surface area contributed by atoms with E-state index < -0.39 is 23.4 Å². The van der Waals surface area contributed by atoms with Crippen LogP contribution in [0.3, 0.4) is 0 Å². The van der Waals surface area contributed by atoms with Gasteiger partial charge in [-0.15, -0.1) is 11.3 Å². The number of thiophene rings is 1. The fraction of sp³-hybridized carbons (Fsp3) is 0.250. The van der Waals surface area contributed by atoms with E-state index in [4.69, 9.17) is 4.74 Å². The summed E-state index contributed by atoms with van der Waals surface area (Å²) in [6.07, 6.45) is -0.386. The highest BCUT2D eigenvalue weighted by atomic mass is 32.1. The van der Waals surface area contributed by atoms with Crippen molar-refractivity contribution in [2.45, 2.75) is 13.0 Å². The first kappa shape index (κ1) is 18.0. The van der Waals surface area contributed by atoms with Gasteiger partial charge in [0.1, 0.15) is 17.7 Å². The first-order valence-corrected chi connectivity index (χ1v) is 7.85. The van der Waals surface area contributed by atoms with E-state index >= 15 is 0 Å². The molecule has 0 fully saturated rings. The highest BCUT2D eigenvalue weighted by Crippen LogP contribution is 2.24. The van der Waals surface area contributed by atoms with Crippen LogP contribution in [0.2, 0.25) is 0 Å². The highest BCUT2D eigenvalue weighted by Gasteiger charge is 2.19. The van der Waals surface area contributed by atoms with Crippen LogP contribution in [0.5, 0.6) is 0 Å². The van der Waals surface area contributed by atoms with E-state index in [2.05, 4.69) is 10.6 Å². The first-order valence-electron chi connectivity index (χ1n) is 7.04. The van der Waals surface area contributed by atoms with Gasteiger partial charge in [0.2, 0.25) is 0 Å². The van der Waals surface area contributed by atoms with Gasteiger partial charge >= 0.3 is 11.8 Å². The van der Waals surface area contributed by atoms with Crippen molar-refractivity contribution in [2.75, 3.05) is 19.0 Å². The number of carbonyl (C=O) groups is 2. The maximum atomic E-state index is 13.5. The van der Waals surface area contributed by atoms with E-state index in [0.29, 0.717) is 6.07 Å². The molecule has 2 amide bonds. The van der Waals surface area contributed by atoms with Crippen molar-refractivity contribution in [3.8, 4) is 0 Å². The van der Waals surface area contributed by atoms with Crippen LogP contribution in [0.1, 0.15) is 15.9 Å². The topological polar surface area (TPSA) is 67.4 Å². The molecule has 1 aromatic carbocycles. The van der Waals surface area contributed by atoms with Crippen molar-refractivity contribution in [1.29, 1.82) is 0 Å². The van der Waals surface area contributed by atoms with Gasteiger partial charge in [-0.05, 0) is 31.2 Å². The third kappa shape index (κ3) is 4.59. The predicted molar refractivity (Wildman–Crippen MR) is 86.8 cm³/mol. The largest absolute Gasteiger partial charge is 0.374 e. The summed E-state index contributed by atoms with van der Waals surface area (Å²) in [5.74, 6) is -3.71. The van der Waals surface area contributed by atoms with Crippen molar-refractivity contribution in [3.05, 3.63) is 51.7 Å². The minimum Gasteiger partial charge on any atom is -0.374 e. The van der Waals surface area contributed by atoms with Crippen molar-refractivity contribution < 1.29 is 23.1 Å². The predicted octanol–water partition coefficient (Wildman–Crippen LogP) is 2.78. The molecule has 1 heterocycles. The van der Waals surface area contributed by atoms with Crippen LogP contribution in [-0.2, 0) is 14.3 Å². The molecule has 0 bridgehead atoms. The second-order valence-corrected chi connectivity index (χ2v) is 6.28. The van der Waals surface area contributed by atoms with Crippen LogP contribution in [0.25, 0.3) is 0 Å². The Kier molecular flexibility index (Phi) is 5.99. The molecule has 8 heteroatoms. The molecule has 0 aliphatic rings. The monoisotopic (exact) mass is 354 g/mol. The summed E-state index contributed by atoms with van der Waals surface area (Å²) in [6, 6.07) is 6.46. The fourth-order valence-corrected chi connectivity index (χ4v) is 2.92. The molecule has 1 aromatic heterocycles. The molecule has 128 valence electrons. The third-order valence-corrected chi connectivity index (χ3v) is 4.29. The maximum absolute atomic E-state index is 13.5. The van der Waals surface area contributed by atoms with Crippen LogP contribution in [0.4, 0.5) is 14.5 Å². The van der Waals surface area contributed by atoms with E-state index in [1.54, 1.807) is 0 Å². The fourth-order valence-electron chi connectivity index (χ4n) is 1.96. The molecule has 5 nitrogen and oxygen atoms in total. The molecule has 24 heavy (non-hydrogen) atoms. The van der Waals surface area contributed by atoms with Crippen LogP contribution >= 0.6 is 11.3 Å². The van der Waals surface area contributed by atoms with E-state index in [1.807, 2.05) is 19.1 Å². The Hall–Kier alpha value is -2.32. The highest BCUT2D eigenvalue weighted by molar-refractivity contribution is 7.12. The van der Waals surface area contributed by atoms with Crippen molar-refractivity contribution >= 4 is 28.8 Å². The van der Waals surface area contributed by atoms with Gasteiger partial charge in [-0.1, -0.05) is 0 Å². The Bertz CT molecular complexity index is 749. The Morgan fingerprint density at radius 1 is 1.21 bits per heavy atom. The van der Waals surface area contributed by atoms with E-state index in [9.17, 15) is 18.4 Å². The van der Waals surface area contributed by atoms with E-state index in [1.165, 1.54) is 18.4 Å². The number of ether oxygens (including phenoxy) is 1. The van der Waals surface area contributed by atoms with Crippen LogP contribution in [0, 0.1) is 18.6 Å². The number of amides is 2. The Morgan fingerprint density at radius 2 is 1.96 bits per heavy atom. The van der Waals surface area contributed by atoms with Crippen LogP contribution < -0.4 is 10.6 Å². The standard InChI is InChI=1S/C16H16F2N2O3S/c1-9-3-6-14(24-9)13(23-2)8-19-15(21)16(22)20-12-5-4-10(17)7-11(12)18/h3-7,13H,8H2,1-2H3,(H,19,21)(H,20,22). The molecule has 0 aliphatic carbocycles. The maximum Gasteiger partial charge on any atom is 0.313 e. The quantitative estimate of drug-likeness (QED) is 0.812. The summed E-state index contributed by atoms with van der Waals surface area (Å²) in [6.45, 7) is 2.04. The van der Waals surface area contributed by atoms with Crippen LogP contribution in [-0.4, -0.2) is 25.5 Å². The molecule has 0 saturated heterocycles. The van der Waals surface area contributed by atoms with Crippen molar-refractivity contribution in [1.82, 2.24) is 5.32 Å². The van der Waals surface area contributed by atoms with Gasteiger partial charge in [0.05, 0.1) is 5.69 Å². The summed E-state index contributed by atoms with van der Waals surface area (Å²) >= 11 is 1.52. The molecule has 2 aromatic rings. The molecule has 1 unspecified atom stereocenters. The number of nitrogens with one attached hydrogen (secondary N) is 2. The second-order valence-electron chi connectivity index (χ2n) is 4.96. The Morgan fingerprint density at radius 3 is 2.54 bits per heavy atom. The van der Waals surface area contributed by atoms with E-state index in [-0.39, 0.29) is 18.3 Å². The van der Waals surface area contributed by atoms with Gasteiger partial charge in [-0.25, -0.2) is 8.78 Å². The molecule has 0 spiro atoms. The van der Waals surface area contributed by atoms with Gasteiger partial charge in [0.25, 0.3) is 0 Å². The summed E-state index contributed by atoms with van der Waals surface area (Å²) in [5.41, 5.74) is -0.270. The summed E-state index contributed by atoms with van der Waals surface area (Å²) in [7, 11) is 1.50. The number of benzene rings is 1. The zero-order valence-corrected chi connectivity index (χ0v) is 13.9. The minimum absolute atomic E-state index is 0.0919. The average Bonchev–Trinajstić information content (AvgIpc) is 2.96. The van der Waals surface area contributed by atoms with Crippen LogP contribution in [0.15, 0.2) is 30.3 Å². The number of carbonyl (C=O) groups excluding carboxylic acids is 2. The number of aryl methyl sites for hydroxylation is 1. The normalized spacial score (nSPS) is 11.8. The molecular formula is C16H16F2N2O3S. The van der Waals surface area contributed by atoms with Crippen molar-refractivity contribution in [2.24, 2.45) is 0 Å². The molecule has 2 N–H and O–H groups in total. The minimum atomic E-state index is -1.04. The number of halogens is 2. The number of rotatable bonds is 5. The van der Waals surface area contributed by atoms with Crippen molar-refractivity contribution in [3.63, 3.8) is 0 Å².